The Kier molecular flexibility index (Phi) is 3.17. The molecule has 3 aromatic rings. The predicted molar refractivity (Wildman–Crippen MR) is 85.8 cm³/mol. The van der Waals surface area contributed by atoms with Gasteiger partial charge in [0.15, 0.2) is 5.58 Å². The van der Waals surface area contributed by atoms with E-state index < -0.39 is 0 Å². The normalized spacial score (nSPS) is 12.0. The van der Waals surface area contributed by atoms with Gasteiger partial charge >= 0.3 is 0 Å². The standard InChI is InChI=1S/C17H16BrNO/c1-17(2,3)13-6-4-11(5-7-13)14-10-12-8-9-19-16(18)15(12)20-14/h4-10H,1-3H3. The summed E-state index contributed by atoms with van der Waals surface area (Å²) in [5, 5.41) is 1.06. The number of furan rings is 1. The number of fused-ring (bicyclic) bond motifs is 1. The van der Waals surface area contributed by atoms with Crippen LogP contribution in [-0.2, 0) is 5.41 Å². The number of benzene rings is 1. The number of halogens is 1. The van der Waals surface area contributed by atoms with E-state index in [1.54, 1.807) is 6.20 Å². The lowest BCUT2D eigenvalue weighted by Gasteiger charge is -2.18. The first-order chi connectivity index (χ1) is 9.45. The minimum absolute atomic E-state index is 0.166. The van der Waals surface area contributed by atoms with E-state index in [0.717, 1.165) is 26.9 Å². The van der Waals surface area contributed by atoms with E-state index in [2.05, 4.69) is 66.0 Å². The third-order valence-corrected chi connectivity index (χ3v) is 3.99. The zero-order valence-electron chi connectivity index (χ0n) is 11.8. The molecule has 0 saturated carbocycles. The Bertz CT molecular complexity index is 751. The zero-order valence-corrected chi connectivity index (χ0v) is 13.4. The molecule has 2 nitrogen and oxygen atoms in total. The van der Waals surface area contributed by atoms with Gasteiger partial charge in [0.25, 0.3) is 0 Å². The molecule has 0 bridgehead atoms. The second-order valence-electron chi connectivity index (χ2n) is 5.96. The number of pyridine rings is 1. The van der Waals surface area contributed by atoms with Gasteiger partial charge in [0.2, 0.25) is 0 Å². The molecule has 0 spiro atoms. The highest BCUT2D eigenvalue weighted by molar-refractivity contribution is 9.10. The number of hydrogen-bond donors (Lipinski definition) is 0. The van der Waals surface area contributed by atoms with Gasteiger partial charge < -0.3 is 4.42 Å². The van der Waals surface area contributed by atoms with Crippen LogP contribution >= 0.6 is 15.9 Å². The quantitative estimate of drug-likeness (QED) is 0.546. The third-order valence-electron chi connectivity index (χ3n) is 3.43. The van der Waals surface area contributed by atoms with Crippen molar-refractivity contribution in [3.05, 3.63) is 52.8 Å². The largest absolute Gasteiger partial charge is 0.453 e. The van der Waals surface area contributed by atoms with Crippen LogP contribution in [0.4, 0.5) is 0 Å². The summed E-state index contributed by atoms with van der Waals surface area (Å²) >= 11 is 3.42. The number of rotatable bonds is 1. The maximum absolute atomic E-state index is 5.90. The molecule has 0 amide bonds. The van der Waals surface area contributed by atoms with Crippen LogP contribution in [0.2, 0.25) is 0 Å². The van der Waals surface area contributed by atoms with Crippen molar-refractivity contribution < 1.29 is 4.42 Å². The second kappa shape index (κ2) is 4.74. The molecular weight excluding hydrogens is 314 g/mol. The zero-order chi connectivity index (χ0) is 14.3. The molecule has 0 N–H and O–H groups in total. The molecule has 2 aromatic heterocycles. The molecule has 0 atom stereocenters. The van der Waals surface area contributed by atoms with Crippen molar-refractivity contribution in [1.82, 2.24) is 4.98 Å². The van der Waals surface area contributed by atoms with Crippen molar-refractivity contribution in [3.8, 4) is 11.3 Å². The van der Waals surface area contributed by atoms with Gasteiger partial charge in [-0.15, -0.1) is 0 Å². The van der Waals surface area contributed by atoms with Crippen LogP contribution in [0.3, 0.4) is 0 Å². The van der Waals surface area contributed by atoms with E-state index in [9.17, 15) is 0 Å². The molecule has 3 heteroatoms. The molecular formula is C17H16BrNO. The monoisotopic (exact) mass is 329 g/mol. The van der Waals surface area contributed by atoms with Gasteiger partial charge in [-0.05, 0) is 39.0 Å². The Hall–Kier alpha value is -1.61. The van der Waals surface area contributed by atoms with Gasteiger partial charge in [0.05, 0.1) is 0 Å². The van der Waals surface area contributed by atoms with Crippen molar-refractivity contribution in [2.24, 2.45) is 0 Å². The predicted octanol–water partition coefficient (Wildman–Crippen LogP) is 5.55. The van der Waals surface area contributed by atoms with Crippen LogP contribution < -0.4 is 0 Å². The summed E-state index contributed by atoms with van der Waals surface area (Å²) in [5.41, 5.74) is 3.36. The van der Waals surface area contributed by atoms with Crippen LogP contribution in [-0.4, -0.2) is 4.98 Å². The average Bonchev–Trinajstić information content (AvgIpc) is 2.83. The molecule has 0 unspecified atom stereocenters. The lowest BCUT2D eigenvalue weighted by Crippen LogP contribution is -2.10. The summed E-state index contributed by atoms with van der Waals surface area (Å²) in [5.74, 6) is 0.870. The Morgan fingerprint density at radius 2 is 1.75 bits per heavy atom. The highest BCUT2D eigenvalue weighted by atomic mass is 79.9. The summed E-state index contributed by atoms with van der Waals surface area (Å²) in [7, 11) is 0. The Morgan fingerprint density at radius 1 is 1.05 bits per heavy atom. The number of aromatic nitrogens is 1. The van der Waals surface area contributed by atoms with Gasteiger partial charge in [-0.3, -0.25) is 0 Å². The summed E-state index contributed by atoms with van der Waals surface area (Å²) in [6, 6.07) is 12.6. The van der Waals surface area contributed by atoms with Gasteiger partial charge in [-0.2, -0.15) is 0 Å². The van der Waals surface area contributed by atoms with Gasteiger partial charge in [-0.25, -0.2) is 4.98 Å². The Labute approximate surface area is 127 Å². The molecule has 0 aliphatic rings. The molecule has 2 heterocycles. The van der Waals surface area contributed by atoms with Gasteiger partial charge in [-0.1, -0.05) is 45.0 Å². The molecule has 0 aliphatic carbocycles. The molecule has 0 radical (unpaired) electrons. The van der Waals surface area contributed by atoms with Crippen LogP contribution in [0, 0.1) is 0 Å². The first-order valence-corrected chi connectivity index (χ1v) is 7.39. The van der Waals surface area contributed by atoms with Crippen molar-refractivity contribution >= 4 is 26.9 Å². The summed E-state index contributed by atoms with van der Waals surface area (Å²) in [6.07, 6.45) is 1.77. The van der Waals surface area contributed by atoms with Gasteiger partial charge in [0, 0.05) is 17.1 Å². The smallest absolute Gasteiger partial charge is 0.167 e. The Morgan fingerprint density at radius 3 is 2.35 bits per heavy atom. The van der Waals surface area contributed by atoms with Crippen molar-refractivity contribution in [1.29, 1.82) is 0 Å². The van der Waals surface area contributed by atoms with Crippen LogP contribution in [0.1, 0.15) is 26.3 Å². The Balaban J connectivity index is 2.05. The van der Waals surface area contributed by atoms with Crippen molar-refractivity contribution in [2.75, 3.05) is 0 Å². The van der Waals surface area contributed by atoms with Crippen molar-refractivity contribution in [3.63, 3.8) is 0 Å². The van der Waals surface area contributed by atoms with Gasteiger partial charge in [0.1, 0.15) is 10.4 Å². The van der Waals surface area contributed by atoms with Crippen LogP contribution in [0.5, 0.6) is 0 Å². The fourth-order valence-electron chi connectivity index (χ4n) is 2.21. The molecule has 1 aromatic carbocycles. The van der Waals surface area contributed by atoms with Crippen LogP contribution in [0.15, 0.2) is 51.6 Å². The van der Waals surface area contributed by atoms with E-state index in [1.165, 1.54) is 5.56 Å². The van der Waals surface area contributed by atoms with Crippen molar-refractivity contribution in [2.45, 2.75) is 26.2 Å². The highest BCUT2D eigenvalue weighted by Crippen LogP contribution is 2.32. The maximum Gasteiger partial charge on any atom is 0.167 e. The minimum atomic E-state index is 0.166. The average molecular weight is 330 g/mol. The topological polar surface area (TPSA) is 26.0 Å². The van der Waals surface area contributed by atoms with E-state index in [0.29, 0.717) is 0 Å². The van der Waals surface area contributed by atoms with Crippen LogP contribution in [0.25, 0.3) is 22.3 Å². The fraction of sp³-hybridized carbons (Fsp3) is 0.235. The van der Waals surface area contributed by atoms with E-state index in [4.69, 9.17) is 4.42 Å². The molecule has 0 saturated heterocycles. The fourth-order valence-corrected chi connectivity index (χ4v) is 2.64. The van der Waals surface area contributed by atoms with E-state index in [-0.39, 0.29) is 5.41 Å². The lowest BCUT2D eigenvalue weighted by molar-refractivity contribution is 0.590. The summed E-state index contributed by atoms with van der Waals surface area (Å²) < 4.78 is 6.64. The molecule has 102 valence electrons. The second-order valence-corrected chi connectivity index (χ2v) is 6.71. The SMILES string of the molecule is CC(C)(C)c1ccc(-c2cc3ccnc(Br)c3o2)cc1. The maximum atomic E-state index is 5.90. The van der Waals surface area contributed by atoms with E-state index >= 15 is 0 Å². The number of nitrogens with zero attached hydrogens (tertiary/aromatic N) is 1. The summed E-state index contributed by atoms with van der Waals surface area (Å²) in [4.78, 5) is 4.18. The first kappa shape index (κ1) is 13.4. The minimum Gasteiger partial charge on any atom is -0.453 e. The lowest BCUT2D eigenvalue weighted by atomic mass is 9.86. The molecule has 20 heavy (non-hydrogen) atoms. The highest BCUT2D eigenvalue weighted by Gasteiger charge is 2.14. The molecule has 0 aliphatic heterocycles. The first-order valence-electron chi connectivity index (χ1n) is 6.60. The summed E-state index contributed by atoms with van der Waals surface area (Å²) in [6.45, 7) is 6.64. The molecule has 3 rings (SSSR count). The number of hydrogen-bond acceptors (Lipinski definition) is 2. The molecule has 0 fully saturated rings. The third kappa shape index (κ3) is 2.38. The van der Waals surface area contributed by atoms with E-state index in [1.807, 2.05) is 12.1 Å².